The maximum absolute atomic E-state index is 13.4. The summed E-state index contributed by atoms with van der Waals surface area (Å²) < 4.78 is 109. The number of nitrogens with zero attached hydrogens (tertiary/aromatic N) is 7. The third kappa shape index (κ3) is 7.45. The Bertz CT molecular complexity index is 2270. The van der Waals surface area contributed by atoms with Gasteiger partial charge in [-0.2, -0.15) is 31.0 Å². The number of methoxy groups -OCH3 is 1. The largest absolute Gasteiger partial charge is 0.465 e. The third-order valence-electron chi connectivity index (χ3n) is 6.26. The molecule has 0 amide bonds. The van der Waals surface area contributed by atoms with Gasteiger partial charge in [-0.15, -0.1) is 10.2 Å². The maximum Gasteiger partial charge on any atom is 0.417 e. The number of carbonyl (C=O) groups is 1. The van der Waals surface area contributed by atoms with Crippen LogP contribution in [0, 0.1) is 0 Å². The average molecular weight is 705 g/mol. The van der Waals surface area contributed by atoms with Crippen molar-refractivity contribution in [1.29, 1.82) is 0 Å². The van der Waals surface area contributed by atoms with Crippen LogP contribution < -0.4 is 21.8 Å². The molecule has 0 aliphatic carbocycles. The van der Waals surface area contributed by atoms with Gasteiger partial charge >= 0.3 is 24.0 Å². The number of H-pyrrole nitrogens is 1. The van der Waals surface area contributed by atoms with E-state index in [1.807, 2.05) is 0 Å². The molecule has 2 aromatic carbocycles. The van der Waals surface area contributed by atoms with E-state index in [0.29, 0.717) is 18.4 Å². The van der Waals surface area contributed by atoms with Crippen LogP contribution in [0.5, 0.6) is 0 Å². The van der Waals surface area contributed by atoms with Crippen molar-refractivity contribution in [2.45, 2.75) is 12.4 Å². The average Bonchev–Trinajstić information content (AvgIpc) is 3.61. The first-order valence-electron chi connectivity index (χ1n) is 12.8. The Hall–Kier alpha value is -5.74. The fraction of sp³-hybridized carbons (Fsp3) is 0.240. The van der Waals surface area contributed by atoms with Crippen LogP contribution >= 0.6 is 0 Å². The summed E-state index contributed by atoms with van der Waals surface area (Å²) in [5.41, 5.74) is -0.795. The maximum atomic E-state index is 13.4. The first-order valence-corrected chi connectivity index (χ1v) is 14.7. The fourth-order valence-electron chi connectivity index (χ4n) is 4.25. The van der Waals surface area contributed by atoms with E-state index in [4.69, 9.17) is 5.73 Å². The number of aromatic nitrogens is 8. The summed E-state index contributed by atoms with van der Waals surface area (Å²) in [6.45, 7) is 0. The standard InChI is InChI=1S/C13H11F3N6O4S.C12H11F3N4O2/c1-21-5-10(18-19-21)6-3-7-9(4-8(6)13(14,15)16)17-12(24)22(11(7)23)20-27(2,25)26;1-19-5-10(17-18-19)6-3-7(11(20)21-2)9(16)4-8(6)12(13,14)15/h3-5,20H,1-2H3,(H,17,24);3-5H,16H2,1-2H3. The monoisotopic (exact) mass is 704 g/mol. The zero-order chi connectivity index (χ0) is 35.9. The molecule has 256 valence electrons. The first-order chi connectivity index (χ1) is 22.1. The van der Waals surface area contributed by atoms with Crippen molar-refractivity contribution >= 4 is 32.6 Å². The smallest absolute Gasteiger partial charge is 0.417 e. The molecule has 0 atom stereocenters. The lowest BCUT2D eigenvalue weighted by Gasteiger charge is -2.14. The minimum Gasteiger partial charge on any atom is -0.465 e. The van der Waals surface area contributed by atoms with E-state index in [-0.39, 0.29) is 38.3 Å². The molecule has 0 radical (unpaired) electrons. The summed E-state index contributed by atoms with van der Waals surface area (Å²) in [6, 6.07) is 3.16. The molecular formula is C25H22F6N10O6S. The highest BCUT2D eigenvalue weighted by Crippen LogP contribution is 2.39. The molecule has 0 aliphatic rings. The van der Waals surface area contributed by atoms with Gasteiger partial charge in [0.05, 0.1) is 53.4 Å². The van der Waals surface area contributed by atoms with Crippen molar-refractivity contribution in [2.75, 3.05) is 23.9 Å². The van der Waals surface area contributed by atoms with E-state index in [1.54, 1.807) is 4.83 Å². The van der Waals surface area contributed by atoms with E-state index in [0.717, 1.165) is 19.2 Å². The summed E-state index contributed by atoms with van der Waals surface area (Å²) >= 11 is 0. The minimum absolute atomic E-state index is 0.0185. The van der Waals surface area contributed by atoms with Crippen molar-refractivity contribution < 1.29 is 44.3 Å². The van der Waals surface area contributed by atoms with Crippen LogP contribution in [-0.4, -0.2) is 67.4 Å². The number of rotatable bonds is 5. The molecule has 0 saturated heterocycles. The van der Waals surface area contributed by atoms with Gasteiger partial charge in [-0.1, -0.05) is 10.4 Å². The predicted octanol–water partition coefficient (Wildman–Crippen LogP) is 1.88. The molecule has 0 spiro atoms. The highest BCUT2D eigenvalue weighted by Gasteiger charge is 2.37. The van der Waals surface area contributed by atoms with E-state index < -0.39 is 61.8 Å². The van der Waals surface area contributed by atoms with Crippen LogP contribution in [-0.2, 0) is 41.2 Å². The van der Waals surface area contributed by atoms with E-state index in [9.17, 15) is 49.1 Å². The Kier molecular flexibility index (Phi) is 9.12. The molecule has 48 heavy (non-hydrogen) atoms. The van der Waals surface area contributed by atoms with Gasteiger partial charge in [0, 0.05) is 30.9 Å². The summed E-state index contributed by atoms with van der Waals surface area (Å²) in [6.07, 6.45) is -6.22. The summed E-state index contributed by atoms with van der Waals surface area (Å²) in [4.78, 5) is 39.7. The number of hydrogen-bond donors (Lipinski definition) is 3. The molecular weight excluding hydrogens is 682 g/mol. The number of alkyl halides is 6. The van der Waals surface area contributed by atoms with Crippen LogP contribution in [0.1, 0.15) is 21.5 Å². The number of nitrogens with one attached hydrogen (secondary N) is 2. The van der Waals surface area contributed by atoms with Gasteiger partial charge in [-0.05, 0) is 24.3 Å². The zero-order valence-corrected chi connectivity index (χ0v) is 25.6. The molecule has 0 bridgehead atoms. The third-order valence-corrected chi connectivity index (χ3v) is 6.77. The molecule has 16 nitrogen and oxygen atoms in total. The van der Waals surface area contributed by atoms with Crippen LogP contribution in [0.4, 0.5) is 32.0 Å². The minimum atomic E-state index is -4.81. The van der Waals surface area contributed by atoms with Gasteiger partial charge in [0.15, 0.2) is 0 Å². The SMILES string of the molecule is COC(=O)c1cc(-c2cn(C)nn2)c(C(F)(F)F)cc1N.Cn1cc(-c2cc3c(=O)n(NS(C)(=O)=O)c(=O)[nH]c3cc2C(F)(F)F)nn1. The molecule has 0 fully saturated rings. The highest BCUT2D eigenvalue weighted by molar-refractivity contribution is 7.91. The highest BCUT2D eigenvalue weighted by atomic mass is 32.2. The van der Waals surface area contributed by atoms with E-state index in [2.05, 4.69) is 30.3 Å². The van der Waals surface area contributed by atoms with Gasteiger partial charge in [0.1, 0.15) is 11.4 Å². The number of anilines is 1. The Morgan fingerprint density at radius 3 is 1.83 bits per heavy atom. The number of benzene rings is 2. The molecule has 0 aliphatic heterocycles. The second-order valence-corrected chi connectivity index (χ2v) is 11.6. The number of aromatic amines is 1. The predicted molar refractivity (Wildman–Crippen MR) is 155 cm³/mol. The molecule has 3 heterocycles. The van der Waals surface area contributed by atoms with Crippen molar-refractivity contribution in [3.05, 3.63) is 74.2 Å². The Morgan fingerprint density at radius 1 is 0.896 bits per heavy atom. The second-order valence-electron chi connectivity index (χ2n) is 9.90. The van der Waals surface area contributed by atoms with Gasteiger partial charge in [0.2, 0.25) is 10.0 Å². The van der Waals surface area contributed by atoms with Gasteiger partial charge in [-0.25, -0.2) is 22.8 Å². The van der Waals surface area contributed by atoms with Crippen LogP contribution in [0.25, 0.3) is 33.4 Å². The number of nitrogens with two attached hydrogens (primary N) is 1. The number of aryl methyl sites for hydroxylation is 2. The topological polar surface area (TPSA) is 215 Å². The number of fused-ring (bicyclic) bond motifs is 1. The Balaban J connectivity index is 0.000000224. The number of halogens is 6. The number of hydrogen-bond acceptors (Lipinski definition) is 11. The number of carbonyl (C=O) groups excluding carboxylic acids is 1. The second kappa shape index (κ2) is 12.5. The molecule has 5 rings (SSSR count). The van der Waals surface area contributed by atoms with Crippen molar-refractivity contribution in [3.8, 4) is 22.5 Å². The van der Waals surface area contributed by atoms with Crippen LogP contribution in [0.15, 0.2) is 46.2 Å². The number of sulfonamides is 1. The van der Waals surface area contributed by atoms with E-state index >= 15 is 0 Å². The fourth-order valence-corrected chi connectivity index (χ4v) is 4.75. The van der Waals surface area contributed by atoms with Crippen molar-refractivity contribution in [2.24, 2.45) is 14.1 Å². The summed E-state index contributed by atoms with van der Waals surface area (Å²) in [5, 5.41) is 14.1. The van der Waals surface area contributed by atoms with Crippen molar-refractivity contribution in [3.63, 3.8) is 0 Å². The normalized spacial score (nSPS) is 12.0. The molecule has 3 aromatic heterocycles. The zero-order valence-electron chi connectivity index (χ0n) is 24.8. The Labute approximate surface area is 263 Å². The molecule has 0 saturated carbocycles. The summed E-state index contributed by atoms with van der Waals surface area (Å²) in [7, 11) is 0.0845. The van der Waals surface area contributed by atoms with Gasteiger partial charge < -0.3 is 15.5 Å². The molecule has 5 aromatic rings. The molecule has 4 N–H and O–H groups in total. The number of nitrogen functional groups attached to an aromatic ring is 1. The van der Waals surface area contributed by atoms with Crippen molar-refractivity contribution in [1.82, 2.24) is 39.6 Å². The molecule has 23 heteroatoms. The first kappa shape index (κ1) is 35.1. The van der Waals surface area contributed by atoms with Crippen LogP contribution in [0.3, 0.4) is 0 Å². The number of esters is 1. The lowest BCUT2D eigenvalue weighted by atomic mass is 9.99. The van der Waals surface area contributed by atoms with E-state index in [1.165, 1.54) is 35.9 Å². The van der Waals surface area contributed by atoms with Gasteiger partial charge in [-0.3, -0.25) is 14.2 Å². The lowest BCUT2D eigenvalue weighted by Crippen LogP contribution is -2.43. The Morgan fingerprint density at radius 2 is 1.40 bits per heavy atom. The summed E-state index contributed by atoms with van der Waals surface area (Å²) in [5.74, 6) is -0.827. The quantitative estimate of drug-likeness (QED) is 0.136. The van der Waals surface area contributed by atoms with Crippen LogP contribution in [0.2, 0.25) is 0 Å². The molecule has 0 unspecified atom stereocenters. The number of ether oxygens (including phenoxy) is 1. The lowest BCUT2D eigenvalue weighted by molar-refractivity contribution is -0.137. The van der Waals surface area contributed by atoms with Gasteiger partial charge in [0.25, 0.3) is 5.56 Å².